The molecule has 4 N–H and O–H groups in total. The predicted octanol–water partition coefficient (Wildman–Crippen LogP) is 12.7. The minimum atomic E-state index is -1.12. The summed E-state index contributed by atoms with van der Waals surface area (Å²) in [5, 5.41) is 36.1. The van der Waals surface area contributed by atoms with Crippen LogP contribution in [-0.4, -0.2) is 177 Å². The molecule has 22 heteroatoms. The van der Waals surface area contributed by atoms with Crippen LogP contribution in [0.5, 0.6) is 23.0 Å². The molecule has 0 aromatic heterocycles. The maximum absolute atomic E-state index is 12.6. The molecule has 6 aromatic rings. The molecular formula is C78H88BBrN3O17. The van der Waals surface area contributed by atoms with Crippen LogP contribution in [0.1, 0.15) is 162 Å². The molecule has 15 rings (SSSR count). The molecule has 3 amide bonds. The fraction of sp³-hybridized carbons (Fsp3) is 0.462. The van der Waals surface area contributed by atoms with Gasteiger partial charge in [0.2, 0.25) is 0 Å². The minimum Gasteiger partial charge on any atom is -0.535 e. The van der Waals surface area contributed by atoms with Gasteiger partial charge in [0.25, 0.3) is 17.7 Å². The molecule has 6 heterocycles. The van der Waals surface area contributed by atoms with Gasteiger partial charge in [0.1, 0.15) is 52.3 Å². The van der Waals surface area contributed by atoms with Gasteiger partial charge >= 0.3 is 25.6 Å². The van der Waals surface area contributed by atoms with E-state index >= 15 is 0 Å². The third-order valence-corrected chi connectivity index (χ3v) is 22.9. The number of ether oxygens (including phenoxy) is 6. The Hall–Kier alpha value is -8.28. The van der Waals surface area contributed by atoms with Crippen molar-refractivity contribution < 1.29 is 82.2 Å². The quantitative estimate of drug-likeness (QED) is 0.0657. The molecule has 527 valence electrons. The van der Waals surface area contributed by atoms with Crippen molar-refractivity contribution in [3.8, 4) is 45.3 Å². The summed E-state index contributed by atoms with van der Waals surface area (Å²) in [5.41, 5.74) is 8.96. The van der Waals surface area contributed by atoms with E-state index in [0.29, 0.717) is 66.4 Å². The van der Waals surface area contributed by atoms with Crippen molar-refractivity contribution in [3.63, 3.8) is 0 Å². The van der Waals surface area contributed by atoms with Crippen LogP contribution in [0.25, 0.3) is 22.3 Å². The number of para-hydroxylation sites is 3. The highest BCUT2D eigenvalue weighted by Gasteiger charge is 2.58. The average Bonchev–Trinajstić information content (AvgIpc) is 1.59. The molecule has 3 saturated carbocycles. The van der Waals surface area contributed by atoms with E-state index in [4.69, 9.17) is 38.6 Å². The monoisotopic (exact) mass is 1430 g/mol. The second-order valence-electron chi connectivity index (χ2n) is 27.9. The number of nitrogens with zero attached hydrogens (tertiary/aromatic N) is 3. The molecule has 100 heavy (non-hydrogen) atoms. The molecule has 20 nitrogen and oxygen atoms in total. The van der Waals surface area contributed by atoms with E-state index in [0.717, 1.165) is 150 Å². The van der Waals surface area contributed by atoms with Crippen molar-refractivity contribution in [2.75, 3.05) is 80.4 Å². The predicted molar refractivity (Wildman–Crippen MR) is 377 cm³/mol. The summed E-state index contributed by atoms with van der Waals surface area (Å²) in [6.07, 6.45) is 15.1. The van der Waals surface area contributed by atoms with Crippen LogP contribution >= 0.6 is 15.9 Å². The number of rotatable bonds is 16. The largest absolute Gasteiger partial charge is 0.569 e. The van der Waals surface area contributed by atoms with Gasteiger partial charge in [-0.2, -0.15) is 0 Å². The van der Waals surface area contributed by atoms with Gasteiger partial charge in [-0.25, -0.2) is 14.4 Å². The van der Waals surface area contributed by atoms with E-state index in [-0.39, 0.29) is 64.2 Å². The number of amides is 3. The number of carbonyl (C=O) groups is 6. The highest BCUT2D eigenvalue weighted by atomic mass is 79.9. The molecule has 6 aliphatic heterocycles. The number of hydrogen-bond donors (Lipinski definition) is 4. The van der Waals surface area contributed by atoms with E-state index < -0.39 is 17.9 Å². The number of methoxy groups -OCH3 is 3. The topological polar surface area (TPSA) is 258 Å². The number of hydrogen-bond acceptors (Lipinski definition) is 14. The number of halogens is 1. The minimum absolute atomic E-state index is 0.0214. The first kappa shape index (κ1) is 71.5. The van der Waals surface area contributed by atoms with E-state index in [1.807, 2.05) is 26.8 Å². The lowest BCUT2D eigenvalue weighted by molar-refractivity contribution is -0.143. The Bertz CT molecular complexity index is 3740. The van der Waals surface area contributed by atoms with E-state index in [1.165, 1.54) is 75.5 Å². The Balaban J connectivity index is 0.000000132. The molecule has 1 radical (unpaired) electrons. The molecule has 9 fully saturated rings. The number of piperidine rings is 3. The summed E-state index contributed by atoms with van der Waals surface area (Å²) in [7, 11) is 4.79. The third kappa shape index (κ3) is 15.6. The second kappa shape index (κ2) is 31.3. The van der Waals surface area contributed by atoms with Gasteiger partial charge in [-0.15, -0.1) is 0 Å². The van der Waals surface area contributed by atoms with Crippen molar-refractivity contribution in [1.82, 2.24) is 14.7 Å². The maximum atomic E-state index is 12.6. The summed E-state index contributed by atoms with van der Waals surface area (Å²) < 4.78 is 38.2. The number of carbonyl (C=O) groups excluding carboxylic acids is 3. The van der Waals surface area contributed by atoms with Crippen LogP contribution < -0.4 is 18.9 Å². The fourth-order valence-electron chi connectivity index (χ4n) is 16.4. The van der Waals surface area contributed by atoms with E-state index in [1.54, 1.807) is 24.3 Å². The van der Waals surface area contributed by atoms with Gasteiger partial charge in [-0.05, 0) is 195 Å². The molecule has 3 aliphatic carbocycles. The van der Waals surface area contributed by atoms with Crippen LogP contribution in [0.3, 0.4) is 0 Å². The van der Waals surface area contributed by atoms with Crippen molar-refractivity contribution in [3.05, 3.63) is 165 Å². The Labute approximate surface area is 592 Å². The number of aromatic carboxylic acids is 3. The third-order valence-electron chi connectivity index (χ3n) is 22.4. The van der Waals surface area contributed by atoms with E-state index in [2.05, 4.69) is 93.4 Å². The first-order chi connectivity index (χ1) is 48.4. The van der Waals surface area contributed by atoms with Crippen LogP contribution in [0.15, 0.2) is 132 Å². The Morgan fingerprint density at radius 3 is 1.04 bits per heavy atom. The highest BCUT2D eigenvalue weighted by molar-refractivity contribution is 9.10. The standard InChI is InChI=1S/2C26H29NO5.C18H22BrNO2.C8H8BO5/c2*1-31-23-19(4-2-5-20(23)25(29)30)17-7-9-18(10-8-17)21-16-26(21)11-13-27(14-12-26)24(28)22-6-3-15-32-22;19-14-5-3-13(4-6-14)15-12-18(15)7-9-20(10-8-18)17(21)16-2-1-11-22-16;1-13-7-5(8(10)11)3-2-4-6(7)14-9-12/h2*2,4-5,7-10,21-22H,3,6,11-16H2,1H3,(H,29,30);3-6,15-16H,1-2,7-12H2;2-4,12H,1H3,(H,10,11)/t21-,22+;21-,22-;15?,16-;/m011./s1. The molecule has 0 bridgehead atoms. The normalized spacial score (nSPS) is 23.1. The van der Waals surface area contributed by atoms with Crippen LogP contribution in [-0.2, 0) is 28.6 Å². The number of carboxylic acid groups (broad SMARTS) is 3. The molecule has 6 atom stereocenters. The van der Waals surface area contributed by atoms with Crippen LogP contribution in [0.2, 0.25) is 0 Å². The van der Waals surface area contributed by atoms with Crippen molar-refractivity contribution in [1.29, 1.82) is 0 Å². The Morgan fingerprint density at radius 1 is 0.440 bits per heavy atom. The summed E-state index contributed by atoms with van der Waals surface area (Å²) in [6, 6.07) is 40.4. The first-order valence-electron chi connectivity index (χ1n) is 34.9. The molecule has 3 spiro atoms. The summed E-state index contributed by atoms with van der Waals surface area (Å²) >= 11 is 3.50. The summed E-state index contributed by atoms with van der Waals surface area (Å²) in [6.45, 7) is 7.28. The smallest absolute Gasteiger partial charge is 0.535 e. The lowest BCUT2D eigenvalue weighted by Crippen LogP contribution is -2.44. The second-order valence-corrected chi connectivity index (χ2v) is 28.8. The van der Waals surface area contributed by atoms with Gasteiger partial charge in [0.05, 0.1) is 21.3 Å². The average molecular weight is 1430 g/mol. The molecule has 6 aromatic carbocycles. The van der Waals surface area contributed by atoms with Gasteiger partial charge in [0, 0.05) is 74.7 Å². The summed E-state index contributed by atoms with van der Waals surface area (Å²) in [5.74, 6) is 0.228. The van der Waals surface area contributed by atoms with Crippen LogP contribution in [0.4, 0.5) is 0 Å². The van der Waals surface area contributed by atoms with Crippen LogP contribution in [0, 0.1) is 16.2 Å². The Morgan fingerprint density at radius 2 is 0.750 bits per heavy atom. The maximum Gasteiger partial charge on any atom is 0.569 e. The first-order valence-corrected chi connectivity index (χ1v) is 35.7. The zero-order valence-corrected chi connectivity index (χ0v) is 58.5. The van der Waals surface area contributed by atoms with Gasteiger partial charge in [-0.1, -0.05) is 107 Å². The zero-order chi connectivity index (χ0) is 70.3. The lowest BCUT2D eigenvalue weighted by atomic mass is 9.88. The molecular weight excluding hydrogens is 1340 g/mol. The van der Waals surface area contributed by atoms with Gasteiger partial charge in [-0.3, -0.25) is 14.4 Å². The highest BCUT2D eigenvalue weighted by Crippen LogP contribution is 2.67. The zero-order valence-electron chi connectivity index (χ0n) is 57.0. The Kier molecular flexibility index (Phi) is 22.4. The number of carboxylic acids is 3. The number of likely N-dealkylation sites (tertiary alicyclic amines) is 3. The number of benzene rings is 6. The SMILES string of the molecule is COc1c(C(=O)O)cccc1-c1ccc([C@@H]2CC23CCN(C(=O)[C@H]2CCCO2)CC3)cc1.COc1c(C(=O)O)cccc1-c1ccc([C@H]2CC23CCN(C(=O)[C@H]2CCCO2)CC3)cc1.COc1c(O[B]O)cccc1C(=O)O.O=C([C@H]1CCCO1)N1CCC2(CC1)CC2c1ccc(Br)cc1. The van der Waals surface area contributed by atoms with E-state index in [9.17, 15) is 39.0 Å². The van der Waals surface area contributed by atoms with Crippen molar-refractivity contribution in [2.24, 2.45) is 16.2 Å². The fourth-order valence-corrected chi connectivity index (χ4v) is 16.7. The van der Waals surface area contributed by atoms with Crippen molar-refractivity contribution in [2.45, 2.75) is 132 Å². The molecule has 9 aliphatic rings. The van der Waals surface area contributed by atoms with Crippen molar-refractivity contribution >= 4 is 59.2 Å². The van der Waals surface area contributed by atoms with Gasteiger partial charge < -0.3 is 68.1 Å². The molecule has 1 unspecified atom stereocenters. The molecule has 6 saturated heterocycles. The van der Waals surface area contributed by atoms with Gasteiger partial charge in [0.15, 0.2) is 5.75 Å². The summed E-state index contributed by atoms with van der Waals surface area (Å²) in [4.78, 5) is 77.5. The lowest BCUT2D eigenvalue weighted by Gasteiger charge is -2.34.